The van der Waals surface area contributed by atoms with Crippen LogP contribution in [0.1, 0.15) is 5.56 Å². The van der Waals surface area contributed by atoms with Crippen molar-refractivity contribution < 1.29 is 14.3 Å². The van der Waals surface area contributed by atoms with Gasteiger partial charge >= 0.3 is 0 Å². The Hall–Kier alpha value is -1.78. The molecular formula is C14H10Cl2FNO2. The first-order valence-electron chi connectivity index (χ1n) is 5.68. The summed E-state index contributed by atoms with van der Waals surface area (Å²) in [6, 6.07) is 8.36. The monoisotopic (exact) mass is 313 g/mol. The van der Waals surface area contributed by atoms with Crippen LogP contribution >= 0.6 is 23.2 Å². The van der Waals surface area contributed by atoms with Crippen LogP contribution in [0.2, 0.25) is 10.0 Å². The van der Waals surface area contributed by atoms with Gasteiger partial charge in [0.2, 0.25) is 5.91 Å². The van der Waals surface area contributed by atoms with Crippen LogP contribution in [0.4, 0.5) is 10.1 Å². The maximum absolute atomic E-state index is 13.6. The Morgan fingerprint density at radius 3 is 2.60 bits per heavy atom. The molecule has 2 aromatic carbocycles. The number of hydrogen-bond donors (Lipinski definition) is 2. The molecule has 0 aliphatic rings. The molecule has 0 fully saturated rings. The van der Waals surface area contributed by atoms with Gasteiger partial charge in [0, 0.05) is 16.7 Å². The van der Waals surface area contributed by atoms with Gasteiger partial charge in [0.1, 0.15) is 11.6 Å². The molecular weight excluding hydrogens is 304 g/mol. The average molecular weight is 314 g/mol. The van der Waals surface area contributed by atoms with Crippen molar-refractivity contribution in [3.05, 3.63) is 57.8 Å². The second-order valence-electron chi connectivity index (χ2n) is 4.09. The van der Waals surface area contributed by atoms with Crippen molar-refractivity contribution in [2.45, 2.75) is 6.42 Å². The summed E-state index contributed by atoms with van der Waals surface area (Å²) in [5.74, 6) is -1.00. The molecule has 0 aliphatic heterocycles. The van der Waals surface area contributed by atoms with Gasteiger partial charge in [-0.25, -0.2) is 4.39 Å². The molecule has 0 spiro atoms. The van der Waals surface area contributed by atoms with Crippen LogP contribution in [0.15, 0.2) is 36.4 Å². The first-order valence-corrected chi connectivity index (χ1v) is 6.44. The first kappa shape index (κ1) is 14.6. The lowest BCUT2D eigenvalue weighted by Crippen LogP contribution is -2.15. The Morgan fingerprint density at radius 1 is 1.20 bits per heavy atom. The molecule has 0 unspecified atom stereocenters. The fraction of sp³-hybridized carbons (Fsp3) is 0.0714. The molecule has 1 amide bonds. The zero-order chi connectivity index (χ0) is 14.7. The first-order chi connectivity index (χ1) is 9.47. The summed E-state index contributed by atoms with van der Waals surface area (Å²) in [6.45, 7) is 0. The lowest BCUT2D eigenvalue weighted by Gasteiger charge is -2.09. The lowest BCUT2D eigenvalue weighted by atomic mass is 10.1. The van der Waals surface area contributed by atoms with E-state index in [1.54, 1.807) is 0 Å². The minimum atomic E-state index is -0.538. The number of phenolic OH excluding ortho intramolecular Hbond substituents is 1. The molecule has 104 valence electrons. The number of nitrogens with one attached hydrogen (secondary N) is 1. The molecule has 6 heteroatoms. The molecule has 0 atom stereocenters. The van der Waals surface area contributed by atoms with E-state index >= 15 is 0 Å². The van der Waals surface area contributed by atoms with Crippen LogP contribution in [0.5, 0.6) is 5.75 Å². The fourth-order valence-electron chi connectivity index (χ4n) is 1.66. The molecule has 0 radical (unpaired) electrons. The molecule has 0 heterocycles. The van der Waals surface area contributed by atoms with Gasteiger partial charge in [0.15, 0.2) is 0 Å². The van der Waals surface area contributed by atoms with E-state index in [0.29, 0.717) is 5.69 Å². The Kier molecular flexibility index (Phi) is 4.47. The molecule has 2 aromatic rings. The van der Waals surface area contributed by atoms with Crippen molar-refractivity contribution in [3.63, 3.8) is 0 Å². The summed E-state index contributed by atoms with van der Waals surface area (Å²) >= 11 is 11.7. The number of phenols is 1. The summed E-state index contributed by atoms with van der Waals surface area (Å²) in [5.41, 5.74) is 0.462. The smallest absolute Gasteiger partial charge is 0.229 e. The number of hydrogen-bond acceptors (Lipinski definition) is 2. The number of halogens is 3. The summed E-state index contributed by atoms with van der Waals surface area (Å²) in [4.78, 5) is 11.9. The minimum absolute atomic E-state index is 0.00912. The molecule has 0 bridgehead atoms. The van der Waals surface area contributed by atoms with Crippen LogP contribution in [-0.4, -0.2) is 11.0 Å². The quantitative estimate of drug-likeness (QED) is 0.841. The van der Waals surface area contributed by atoms with E-state index < -0.39 is 11.7 Å². The van der Waals surface area contributed by atoms with E-state index in [9.17, 15) is 14.3 Å². The van der Waals surface area contributed by atoms with Crippen LogP contribution in [0.25, 0.3) is 0 Å². The highest BCUT2D eigenvalue weighted by molar-refractivity contribution is 6.34. The molecule has 2 N–H and O–H groups in total. The van der Waals surface area contributed by atoms with E-state index in [0.717, 1.165) is 0 Å². The molecule has 0 aromatic heterocycles. The Morgan fingerprint density at radius 2 is 1.95 bits per heavy atom. The van der Waals surface area contributed by atoms with Crippen molar-refractivity contribution in [1.82, 2.24) is 0 Å². The van der Waals surface area contributed by atoms with Crippen molar-refractivity contribution in [2.75, 3.05) is 5.32 Å². The van der Waals surface area contributed by atoms with E-state index in [2.05, 4.69) is 5.32 Å². The number of benzene rings is 2. The van der Waals surface area contributed by atoms with Crippen molar-refractivity contribution in [3.8, 4) is 5.75 Å². The van der Waals surface area contributed by atoms with Gasteiger partial charge in [0.05, 0.1) is 17.1 Å². The van der Waals surface area contributed by atoms with Gasteiger partial charge in [0.25, 0.3) is 0 Å². The van der Waals surface area contributed by atoms with Crippen LogP contribution in [0.3, 0.4) is 0 Å². The lowest BCUT2D eigenvalue weighted by molar-refractivity contribution is -0.115. The molecule has 0 aliphatic carbocycles. The van der Waals surface area contributed by atoms with E-state index in [4.69, 9.17) is 23.2 Å². The maximum Gasteiger partial charge on any atom is 0.229 e. The predicted octanol–water partition coefficient (Wildman–Crippen LogP) is 4.02. The molecule has 0 saturated heterocycles. The van der Waals surface area contributed by atoms with Gasteiger partial charge in [-0.2, -0.15) is 0 Å². The molecule has 0 saturated carbocycles. The summed E-state index contributed by atoms with van der Waals surface area (Å²) in [7, 11) is 0. The zero-order valence-electron chi connectivity index (χ0n) is 10.2. The second-order valence-corrected chi connectivity index (χ2v) is 4.90. The number of carbonyl (C=O) groups excluding carboxylic acids is 1. The molecule has 3 nitrogen and oxygen atoms in total. The fourth-order valence-corrected chi connectivity index (χ4v) is 2.11. The summed E-state index contributed by atoms with van der Waals surface area (Å²) in [5, 5.41) is 12.1. The van der Waals surface area contributed by atoms with Crippen molar-refractivity contribution in [1.29, 1.82) is 0 Å². The molecule has 2 rings (SSSR count). The Balaban J connectivity index is 2.13. The van der Waals surface area contributed by atoms with E-state index in [1.807, 2.05) is 0 Å². The number of aromatic hydroxyl groups is 1. The minimum Gasteiger partial charge on any atom is -0.508 e. The van der Waals surface area contributed by atoms with Gasteiger partial charge in [-0.1, -0.05) is 29.3 Å². The van der Waals surface area contributed by atoms with E-state index in [-0.39, 0.29) is 27.8 Å². The van der Waals surface area contributed by atoms with Gasteiger partial charge in [-0.15, -0.1) is 0 Å². The third-order valence-electron chi connectivity index (χ3n) is 2.63. The second kappa shape index (κ2) is 6.11. The summed E-state index contributed by atoms with van der Waals surface area (Å²) in [6.07, 6.45) is -0.206. The highest BCUT2D eigenvalue weighted by Gasteiger charge is 2.13. The number of rotatable bonds is 3. The van der Waals surface area contributed by atoms with Crippen molar-refractivity contribution >= 4 is 34.8 Å². The van der Waals surface area contributed by atoms with Crippen LogP contribution in [-0.2, 0) is 11.2 Å². The largest absolute Gasteiger partial charge is 0.508 e. The van der Waals surface area contributed by atoms with Crippen LogP contribution < -0.4 is 5.32 Å². The van der Waals surface area contributed by atoms with E-state index in [1.165, 1.54) is 36.4 Å². The third kappa shape index (κ3) is 3.40. The SMILES string of the molecule is O=C(Cc1c(F)cccc1Cl)Nc1ccc(O)cc1Cl. The van der Waals surface area contributed by atoms with Crippen LogP contribution in [0, 0.1) is 5.82 Å². The van der Waals surface area contributed by atoms with Gasteiger partial charge < -0.3 is 10.4 Å². The maximum atomic E-state index is 13.6. The number of amides is 1. The zero-order valence-corrected chi connectivity index (χ0v) is 11.7. The average Bonchev–Trinajstić information content (AvgIpc) is 2.37. The van der Waals surface area contributed by atoms with Crippen molar-refractivity contribution in [2.24, 2.45) is 0 Å². The highest BCUT2D eigenvalue weighted by Crippen LogP contribution is 2.26. The molecule has 20 heavy (non-hydrogen) atoms. The standard InChI is InChI=1S/C14H10Cl2FNO2/c15-10-2-1-3-12(17)9(10)7-14(20)18-13-5-4-8(19)6-11(13)16/h1-6,19H,7H2,(H,18,20). The normalized spacial score (nSPS) is 10.3. The van der Waals surface area contributed by atoms with Gasteiger partial charge in [-0.3, -0.25) is 4.79 Å². The van der Waals surface area contributed by atoms with Gasteiger partial charge in [-0.05, 0) is 24.3 Å². The topological polar surface area (TPSA) is 49.3 Å². The highest BCUT2D eigenvalue weighted by atomic mass is 35.5. The Labute approximate surface area is 124 Å². The number of carbonyl (C=O) groups is 1. The predicted molar refractivity (Wildman–Crippen MR) is 76.9 cm³/mol. The number of anilines is 1. The third-order valence-corrected chi connectivity index (χ3v) is 3.29. The summed E-state index contributed by atoms with van der Waals surface area (Å²) < 4.78 is 13.6. The Bertz CT molecular complexity index is 641.